The number of methoxy groups -OCH3 is 1. The van der Waals surface area contributed by atoms with Crippen LogP contribution in [0.25, 0.3) is 0 Å². The van der Waals surface area contributed by atoms with Crippen molar-refractivity contribution in [1.82, 2.24) is 15.2 Å². The molecule has 21 heavy (non-hydrogen) atoms. The predicted molar refractivity (Wildman–Crippen MR) is 84.0 cm³/mol. The summed E-state index contributed by atoms with van der Waals surface area (Å²) in [5.41, 5.74) is 5.46. The summed E-state index contributed by atoms with van der Waals surface area (Å²) >= 11 is 0. The van der Waals surface area contributed by atoms with Crippen molar-refractivity contribution in [1.29, 1.82) is 0 Å². The van der Waals surface area contributed by atoms with E-state index in [-0.39, 0.29) is 0 Å². The van der Waals surface area contributed by atoms with E-state index in [1.165, 1.54) is 11.3 Å². The molecule has 0 aliphatic rings. The van der Waals surface area contributed by atoms with Crippen LogP contribution in [0.15, 0.2) is 36.5 Å². The molecule has 2 aromatic rings. The van der Waals surface area contributed by atoms with Gasteiger partial charge in [0.15, 0.2) is 0 Å². The van der Waals surface area contributed by atoms with E-state index in [4.69, 9.17) is 10.6 Å². The van der Waals surface area contributed by atoms with Crippen LogP contribution in [-0.2, 0) is 19.9 Å². The normalized spacial score (nSPS) is 12.3. The van der Waals surface area contributed by atoms with E-state index in [1.54, 1.807) is 7.11 Å². The molecule has 0 aliphatic carbocycles. The minimum absolute atomic E-state index is 0.307. The molecule has 0 radical (unpaired) electrons. The lowest BCUT2D eigenvalue weighted by atomic mass is 10.0. The molecule has 0 bridgehead atoms. The first kappa shape index (κ1) is 15.5. The van der Waals surface area contributed by atoms with Crippen molar-refractivity contribution in [2.75, 3.05) is 7.11 Å². The third kappa shape index (κ3) is 4.58. The number of nitrogens with one attached hydrogen (secondary N) is 1. The summed E-state index contributed by atoms with van der Waals surface area (Å²) < 4.78 is 7.08. The molecule has 1 unspecified atom stereocenters. The van der Waals surface area contributed by atoms with Gasteiger partial charge in [-0.05, 0) is 49.4 Å². The van der Waals surface area contributed by atoms with Crippen molar-refractivity contribution < 1.29 is 4.74 Å². The third-order valence-electron chi connectivity index (χ3n) is 3.85. The lowest BCUT2D eigenvalue weighted by molar-refractivity contribution is 0.414. The highest BCUT2D eigenvalue weighted by Gasteiger charge is 2.09. The van der Waals surface area contributed by atoms with Crippen LogP contribution in [0.1, 0.15) is 24.1 Å². The van der Waals surface area contributed by atoms with Crippen LogP contribution in [0.3, 0.4) is 0 Å². The van der Waals surface area contributed by atoms with Crippen LogP contribution in [0.5, 0.6) is 5.75 Å². The van der Waals surface area contributed by atoms with Crippen molar-refractivity contribution in [2.24, 2.45) is 12.9 Å². The number of hydrogen-bond acceptors (Lipinski definition) is 4. The minimum Gasteiger partial charge on any atom is -0.497 e. The number of ether oxygens (including phenoxy) is 1. The van der Waals surface area contributed by atoms with Gasteiger partial charge in [0.2, 0.25) is 0 Å². The average molecular weight is 288 g/mol. The van der Waals surface area contributed by atoms with Gasteiger partial charge in [-0.2, -0.15) is 5.10 Å². The third-order valence-corrected chi connectivity index (χ3v) is 3.85. The summed E-state index contributed by atoms with van der Waals surface area (Å²) in [7, 11) is 3.65. The second-order valence-corrected chi connectivity index (χ2v) is 5.24. The first-order valence-electron chi connectivity index (χ1n) is 7.29. The van der Waals surface area contributed by atoms with Gasteiger partial charge in [-0.15, -0.1) is 0 Å². The Morgan fingerprint density at radius 1 is 1.19 bits per heavy atom. The molecular weight excluding hydrogens is 264 g/mol. The van der Waals surface area contributed by atoms with Gasteiger partial charge in [0.25, 0.3) is 0 Å². The summed E-state index contributed by atoms with van der Waals surface area (Å²) in [6, 6.07) is 10.6. The van der Waals surface area contributed by atoms with Crippen LogP contribution in [-0.4, -0.2) is 22.9 Å². The summed E-state index contributed by atoms with van der Waals surface area (Å²) in [5.74, 6) is 6.56. The zero-order valence-electron chi connectivity index (χ0n) is 12.7. The van der Waals surface area contributed by atoms with E-state index in [9.17, 15) is 0 Å². The molecule has 1 heterocycles. The van der Waals surface area contributed by atoms with Gasteiger partial charge in [0.05, 0.1) is 7.11 Å². The summed E-state index contributed by atoms with van der Waals surface area (Å²) in [6.07, 6.45) is 5.84. The number of rotatable bonds is 8. The highest BCUT2D eigenvalue weighted by molar-refractivity contribution is 5.27. The molecule has 0 saturated heterocycles. The zero-order chi connectivity index (χ0) is 15.1. The summed E-state index contributed by atoms with van der Waals surface area (Å²) in [6.45, 7) is 0. The van der Waals surface area contributed by atoms with Gasteiger partial charge in [0, 0.05) is 25.0 Å². The Labute approximate surface area is 126 Å². The quantitative estimate of drug-likeness (QED) is 0.574. The number of hydrogen-bond donors (Lipinski definition) is 2. The van der Waals surface area contributed by atoms with E-state index in [0.717, 1.165) is 31.4 Å². The SMILES string of the molecule is COc1ccc(CCC(CCc2ccnn2C)NN)cc1. The number of nitrogens with two attached hydrogens (primary N) is 1. The molecule has 0 amide bonds. The van der Waals surface area contributed by atoms with E-state index in [2.05, 4.69) is 28.7 Å². The number of hydrazine groups is 1. The molecule has 1 aromatic heterocycles. The summed E-state index contributed by atoms with van der Waals surface area (Å²) in [4.78, 5) is 0. The Kier molecular flexibility index (Phi) is 5.78. The maximum atomic E-state index is 5.67. The molecular formula is C16H24N4O. The maximum absolute atomic E-state index is 5.67. The van der Waals surface area contributed by atoms with Crippen LogP contribution < -0.4 is 16.0 Å². The van der Waals surface area contributed by atoms with Crippen molar-refractivity contribution in [3.05, 3.63) is 47.8 Å². The van der Waals surface area contributed by atoms with Gasteiger partial charge >= 0.3 is 0 Å². The second kappa shape index (κ2) is 7.81. The fourth-order valence-corrected chi connectivity index (χ4v) is 2.41. The van der Waals surface area contributed by atoms with Crippen LogP contribution in [0.2, 0.25) is 0 Å². The standard InChI is InChI=1S/C16H24N4O/c1-20-15(11-12-18-20)8-7-14(19-17)6-3-13-4-9-16(21-2)10-5-13/h4-5,9-12,14,19H,3,6-8,17H2,1-2H3. The van der Waals surface area contributed by atoms with Gasteiger partial charge in [0.1, 0.15) is 5.75 Å². The monoisotopic (exact) mass is 288 g/mol. The smallest absolute Gasteiger partial charge is 0.118 e. The Morgan fingerprint density at radius 3 is 2.48 bits per heavy atom. The van der Waals surface area contributed by atoms with Gasteiger partial charge < -0.3 is 4.74 Å². The van der Waals surface area contributed by atoms with Crippen molar-refractivity contribution in [3.8, 4) is 5.75 Å². The molecule has 0 spiro atoms. The van der Waals surface area contributed by atoms with Gasteiger partial charge in [-0.25, -0.2) is 0 Å². The molecule has 5 nitrogen and oxygen atoms in total. The van der Waals surface area contributed by atoms with E-state index in [1.807, 2.05) is 30.1 Å². The summed E-state index contributed by atoms with van der Waals surface area (Å²) in [5, 5.41) is 4.18. The Morgan fingerprint density at radius 2 is 1.90 bits per heavy atom. The fourth-order valence-electron chi connectivity index (χ4n) is 2.41. The highest BCUT2D eigenvalue weighted by atomic mass is 16.5. The predicted octanol–water partition coefficient (Wildman–Crippen LogP) is 1.83. The van der Waals surface area contributed by atoms with Gasteiger partial charge in [-0.1, -0.05) is 12.1 Å². The molecule has 0 aliphatic heterocycles. The number of nitrogens with zero attached hydrogens (tertiary/aromatic N) is 2. The lowest BCUT2D eigenvalue weighted by Crippen LogP contribution is -2.36. The molecule has 3 N–H and O–H groups in total. The largest absolute Gasteiger partial charge is 0.497 e. The Bertz CT molecular complexity index is 535. The second-order valence-electron chi connectivity index (χ2n) is 5.24. The fraction of sp³-hybridized carbons (Fsp3) is 0.438. The molecule has 114 valence electrons. The number of aromatic nitrogens is 2. The molecule has 1 aromatic carbocycles. The Hall–Kier alpha value is -1.85. The number of benzene rings is 1. The van der Waals surface area contributed by atoms with E-state index in [0.29, 0.717) is 6.04 Å². The molecule has 0 fully saturated rings. The van der Waals surface area contributed by atoms with Crippen molar-refractivity contribution in [3.63, 3.8) is 0 Å². The topological polar surface area (TPSA) is 65.1 Å². The minimum atomic E-state index is 0.307. The van der Waals surface area contributed by atoms with E-state index < -0.39 is 0 Å². The maximum Gasteiger partial charge on any atom is 0.118 e. The Balaban J connectivity index is 1.80. The average Bonchev–Trinajstić information content (AvgIpc) is 2.93. The molecule has 2 rings (SSSR count). The van der Waals surface area contributed by atoms with Crippen LogP contribution in [0.4, 0.5) is 0 Å². The molecule has 1 atom stereocenters. The first-order valence-corrected chi connectivity index (χ1v) is 7.29. The molecule has 0 saturated carbocycles. The van der Waals surface area contributed by atoms with E-state index >= 15 is 0 Å². The molecule has 5 heteroatoms. The van der Waals surface area contributed by atoms with Crippen molar-refractivity contribution >= 4 is 0 Å². The number of aryl methyl sites for hydroxylation is 3. The highest BCUT2D eigenvalue weighted by Crippen LogP contribution is 2.14. The van der Waals surface area contributed by atoms with Crippen LogP contribution in [0, 0.1) is 0 Å². The van der Waals surface area contributed by atoms with Crippen molar-refractivity contribution in [2.45, 2.75) is 31.7 Å². The lowest BCUT2D eigenvalue weighted by Gasteiger charge is -2.16. The first-order chi connectivity index (χ1) is 10.2. The zero-order valence-corrected chi connectivity index (χ0v) is 12.7. The van der Waals surface area contributed by atoms with Gasteiger partial charge in [-0.3, -0.25) is 16.0 Å². The van der Waals surface area contributed by atoms with Crippen LogP contribution >= 0.6 is 0 Å².